The van der Waals surface area contributed by atoms with Crippen LogP contribution in [0.5, 0.6) is 0 Å². The molecule has 0 aliphatic carbocycles. The molecule has 0 saturated heterocycles. The molecule has 4 rings (SSSR count). The third-order valence-electron chi connectivity index (χ3n) is 4.49. The van der Waals surface area contributed by atoms with Crippen molar-refractivity contribution in [3.63, 3.8) is 0 Å². The number of fused-ring (bicyclic) bond motifs is 1. The quantitative estimate of drug-likeness (QED) is 0.421. The molecule has 4 aromatic rings. The van der Waals surface area contributed by atoms with Crippen LogP contribution >= 0.6 is 11.3 Å². The van der Waals surface area contributed by atoms with E-state index in [1.54, 1.807) is 17.5 Å². The number of benzene rings is 2. The molecule has 3 nitrogen and oxygen atoms in total. The number of carbonyl (C=O) groups is 1. The first-order chi connectivity index (χ1) is 13.2. The summed E-state index contributed by atoms with van der Waals surface area (Å²) in [5.74, 6) is 0.255. The maximum absolute atomic E-state index is 12.1. The number of rotatable bonds is 6. The molecule has 0 aliphatic rings. The number of carbonyl (C=O) groups excluding carboxylic acids is 1. The molecule has 2 heterocycles. The highest BCUT2D eigenvalue weighted by Gasteiger charge is 2.14. The van der Waals surface area contributed by atoms with Gasteiger partial charge < -0.3 is 0 Å². The lowest BCUT2D eigenvalue weighted by Gasteiger charge is -2.07. The lowest BCUT2D eigenvalue weighted by atomic mass is 9.99. The maximum atomic E-state index is 12.1. The molecule has 2 aromatic carbocycles. The van der Waals surface area contributed by atoms with Crippen molar-refractivity contribution >= 4 is 27.3 Å². The lowest BCUT2D eigenvalue weighted by Crippen LogP contribution is -2.00. The Morgan fingerprint density at radius 1 is 1.00 bits per heavy atom. The largest absolute Gasteiger partial charge is 0.299 e. The summed E-state index contributed by atoms with van der Waals surface area (Å²) in [6.07, 6.45) is 5.56. The normalized spacial score (nSPS) is 11.0. The summed E-state index contributed by atoms with van der Waals surface area (Å²) < 4.78 is 1.13. The first-order valence-corrected chi connectivity index (χ1v) is 9.97. The van der Waals surface area contributed by atoms with Crippen molar-refractivity contribution in [1.82, 2.24) is 9.97 Å². The number of thiazole rings is 1. The number of Topliss-reactive ketones (excluding diaryl/α,β-unsaturated/α-hetero) is 1. The Balaban J connectivity index is 1.86. The number of aromatic nitrogens is 2. The fraction of sp³-hybridized carbons (Fsp3) is 0.174. The summed E-state index contributed by atoms with van der Waals surface area (Å²) >= 11 is 1.63. The Hall–Kier alpha value is -2.85. The Labute approximate surface area is 162 Å². The molecule has 0 aliphatic heterocycles. The van der Waals surface area contributed by atoms with E-state index in [4.69, 9.17) is 4.98 Å². The monoisotopic (exact) mass is 372 g/mol. The summed E-state index contributed by atoms with van der Waals surface area (Å²) in [4.78, 5) is 21.1. The van der Waals surface area contributed by atoms with E-state index in [0.29, 0.717) is 12.8 Å². The fourth-order valence-corrected chi connectivity index (χ4v) is 4.33. The smallest absolute Gasteiger partial charge is 0.139 e. The van der Waals surface area contributed by atoms with E-state index < -0.39 is 0 Å². The highest BCUT2D eigenvalue weighted by atomic mass is 32.1. The van der Waals surface area contributed by atoms with Crippen LogP contribution in [0.15, 0.2) is 67.0 Å². The number of hydrogen-bond acceptors (Lipinski definition) is 4. The molecular weight excluding hydrogens is 352 g/mol. The SMILES string of the molecule is CCCC(=O)Cc1nc2cc(-c3cccnc3)cc(-c3ccccc3)c2s1. The molecule has 0 unspecified atom stereocenters. The van der Waals surface area contributed by atoms with Gasteiger partial charge in [-0.3, -0.25) is 9.78 Å². The highest BCUT2D eigenvalue weighted by Crippen LogP contribution is 2.37. The molecule has 0 saturated carbocycles. The molecular formula is C23H20N2OS. The van der Waals surface area contributed by atoms with E-state index in [1.165, 1.54) is 0 Å². The Morgan fingerprint density at radius 3 is 2.56 bits per heavy atom. The fourth-order valence-electron chi connectivity index (χ4n) is 3.22. The number of hydrogen-bond donors (Lipinski definition) is 0. The standard InChI is InChI=1S/C23H20N2OS/c1-2-7-19(26)14-22-25-21-13-18(17-10-6-11-24-15-17)12-20(23(21)27-22)16-8-4-3-5-9-16/h3-6,8-13,15H,2,7,14H2,1H3. The molecule has 0 fully saturated rings. The van der Waals surface area contributed by atoms with Crippen LogP contribution in [0.2, 0.25) is 0 Å². The summed E-state index contributed by atoms with van der Waals surface area (Å²) in [5.41, 5.74) is 5.40. The van der Waals surface area contributed by atoms with Gasteiger partial charge in [0.15, 0.2) is 0 Å². The van der Waals surface area contributed by atoms with Crippen LogP contribution in [0.1, 0.15) is 24.8 Å². The number of pyridine rings is 1. The van der Waals surface area contributed by atoms with Crippen molar-refractivity contribution in [2.75, 3.05) is 0 Å². The van der Waals surface area contributed by atoms with Crippen LogP contribution in [-0.2, 0) is 11.2 Å². The Bertz CT molecular complexity index is 1070. The molecule has 27 heavy (non-hydrogen) atoms. The van der Waals surface area contributed by atoms with Crippen LogP contribution in [0, 0.1) is 0 Å². The van der Waals surface area contributed by atoms with E-state index in [0.717, 1.165) is 43.9 Å². The van der Waals surface area contributed by atoms with Crippen LogP contribution in [0.3, 0.4) is 0 Å². The second-order valence-electron chi connectivity index (χ2n) is 6.55. The third kappa shape index (κ3) is 3.81. The zero-order chi connectivity index (χ0) is 18.6. The minimum Gasteiger partial charge on any atom is -0.299 e. The zero-order valence-corrected chi connectivity index (χ0v) is 16.0. The van der Waals surface area contributed by atoms with E-state index in [2.05, 4.69) is 35.3 Å². The van der Waals surface area contributed by atoms with Gasteiger partial charge in [-0.1, -0.05) is 43.3 Å². The third-order valence-corrected chi connectivity index (χ3v) is 5.60. The van der Waals surface area contributed by atoms with Gasteiger partial charge in [0.1, 0.15) is 10.8 Å². The van der Waals surface area contributed by atoms with Crippen LogP contribution < -0.4 is 0 Å². The summed E-state index contributed by atoms with van der Waals surface area (Å²) in [6, 6.07) is 18.6. The van der Waals surface area contributed by atoms with Gasteiger partial charge in [0.05, 0.1) is 16.6 Å². The van der Waals surface area contributed by atoms with Crippen molar-refractivity contribution < 1.29 is 4.79 Å². The van der Waals surface area contributed by atoms with E-state index in [-0.39, 0.29) is 5.78 Å². The van der Waals surface area contributed by atoms with Gasteiger partial charge >= 0.3 is 0 Å². The number of nitrogens with zero attached hydrogens (tertiary/aromatic N) is 2. The molecule has 0 bridgehead atoms. The van der Waals surface area contributed by atoms with Gasteiger partial charge in [0.25, 0.3) is 0 Å². The zero-order valence-electron chi connectivity index (χ0n) is 15.2. The van der Waals surface area contributed by atoms with Crippen LogP contribution in [-0.4, -0.2) is 15.8 Å². The molecule has 0 spiro atoms. The average molecular weight is 372 g/mol. The Kier molecular flexibility index (Phi) is 5.07. The van der Waals surface area contributed by atoms with Crippen molar-refractivity contribution in [3.8, 4) is 22.3 Å². The van der Waals surface area contributed by atoms with Gasteiger partial charge in [-0.15, -0.1) is 11.3 Å². The topological polar surface area (TPSA) is 42.9 Å². The Morgan fingerprint density at radius 2 is 1.81 bits per heavy atom. The summed E-state index contributed by atoms with van der Waals surface area (Å²) in [7, 11) is 0. The predicted molar refractivity (Wildman–Crippen MR) is 112 cm³/mol. The molecule has 134 valence electrons. The van der Waals surface area contributed by atoms with Gasteiger partial charge in [0.2, 0.25) is 0 Å². The van der Waals surface area contributed by atoms with E-state index in [9.17, 15) is 4.79 Å². The van der Waals surface area contributed by atoms with Gasteiger partial charge in [-0.25, -0.2) is 4.98 Å². The lowest BCUT2D eigenvalue weighted by molar-refractivity contribution is -0.118. The predicted octanol–water partition coefficient (Wildman–Crippen LogP) is 5.94. The minimum atomic E-state index is 0.255. The van der Waals surface area contributed by atoms with Gasteiger partial charge in [-0.05, 0) is 35.7 Å². The molecule has 0 radical (unpaired) electrons. The average Bonchev–Trinajstić information content (AvgIpc) is 3.11. The highest BCUT2D eigenvalue weighted by molar-refractivity contribution is 7.19. The van der Waals surface area contributed by atoms with Crippen LogP contribution in [0.25, 0.3) is 32.5 Å². The van der Waals surface area contributed by atoms with Crippen molar-refractivity contribution in [2.24, 2.45) is 0 Å². The van der Waals surface area contributed by atoms with Crippen molar-refractivity contribution in [2.45, 2.75) is 26.2 Å². The molecule has 4 heteroatoms. The molecule has 2 aromatic heterocycles. The minimum absolute atomic E-state index is 0.255. The second kappa shape index (κ2) is 7.80. The van der Waals surface area contributed by atoms with Gasteiger partial charge in [-0.2, -0.15) is 0 Å². The van der Waals surface area contributed by atoms with E-state index in [1.807, 2.05) is 37.4 Å². The number of ketones is 1. The molecule has 0 N–H and O–H groups in total. The van der Waals surface area contributed by atoms with E-state index >= 15 is 0 Å². The van der Waals surface area contributed by atoms with Gasteiger partial charge in [0, 0.05) is 29.9 Å². The first-order valence-electron chi connectivity index (χ1n) is 9.15. The van der Waals surface area contributed by atoms with Crippen molar-refractivity contribution in [1.29, 1.82) is 0 Å². The maximum Gasteiger partial charge on any atom is 0.139 e. The van der Waals surface area contributed by atoms with Crippen molar-refractivity contribution in [3.05, 3.63) is 72.0 Å². The van der Waals surface area contributed by atoms with Crippen LogP contribution in [0.4, 0.5) is 0 Å². The molecule has 0 amide bonds. The molecule has 0 atom stereocenters. The summed E-state index contributed by atoms with van der Waals surface area (Å²) in [5, 5.41) is 0.893. The summed E-state index contributed by atoms with van der Waals surface area (Å²) in [6.45, 7) is 2.03. The second-order valence-corrected chi connectivity index (χ2v) is 7.64. The first kappa shape index (κ1) is 17.6.